The molecule has 1 fully saturated rings. The SMILES string of the molecule is COc1ccc(F)cc1C1CC1CNCc1ccccc1OCCF.Cl. The van der Waals surface area contributed by atoms with Crippen molar-refractivity contribution < 1.29 is 18.3 Å². The summed E-state index contributed by atoms with van der Waals surface area (Å²) in [6, 6.07) is 12.3. The van der Waals surface area contributed by atoms with Crippen molar-refractivity contribution in [3.05, 3.63) is 59.4 Å². The van der Waals surface area contributed by atoms with Crippen LogP contribution in [-0.4, -0.2) is 26.9 Å². The van der Waals surface area contributed by atoms with Gasteiger partial charge < -0.3 is 14.8 Å². The van der Waals surface area contributed by atoms with Crippen LogP contribution in [0.4, 0.5) is 8.78 Å². The summed E-state index contributed by atoms with van der Waals surface area (Å²) in [7, 11) is 1.61. The molecule has 0 bridgehead atoms. The summed E-state index contributed by atoms with van der Waals surface area (Å²) in [4.78, 5) is 0. The summed E-state index contributed by atoms with van der Waals surface area (Å²) in [5, 5.41) is 3.42. The molecule has 0 radical (unpaired) electrons. The smallest absolute Gasteiger partial charge is 0.123 e. The summed E-state index contributed by atoms with van der Waals surface area (Å²) in [6.45, 7) is 1.07. The van der Waals surface area contributed by atoms with Crippen LogP contribution in [-0.2, 0) is 6.54 Å². The molecule has 0 saturated heterocycles. The van der Waals surface area contributed by atoms with Crippen molar-refractivity contribution in [2.24, 2.45) is 5.92 Å². The molecule has 0 amide bonds. The van der Waals surface area contributed by atoms with Crippen LogP contribution in [0.2, 0.25) is 0 Å². The molecule has 3 rings (SSSR count). The number of nitrogens with one attached hydrogen (secondary N) is 1. The number of hydrogen-bond acceptors (Lipinski definition) is 3. The fourth-order valence-electron chi connectivity index (χ4n) is 3.18. The Kier molecular flexibility index (Phi) is 7.66. The van der Waals surface area contributed by atoms with Crippen LogP contribution in [0.3, 0.4) is 0 Å². The lowest BCUT2D eigenvalue weighted by molar-refractivity contribution is 0.270. The third-order valence-electron chi connectivity index (χ3n) is 4.54. The topological polar surface area (TPSA) is 30.5 Å². The van der Waals surface area contributed by atoms with Gasteiger partial charge >= 0.3 is 0 Å². The lowest BCUT2D eigenvalue weighted by atomic mass is 10.1. The molecule has 0 heterocycles. The van der Waals surface area contributed by atoms with Crippen LogP contribution in [0.25, 0.3) is 0 Å². The second-order valence-electron chi connectivity index (χ2n) is 6.26. The number of halogens is 3. The minimum Gasteiger partial charge on any atom is -0.496 e. The van der Waals surface area contributed by atoms with Crippen LogP contribution < -0.4 is 14.8 Å². The van der Waals surface area contributed by atoms with Gasteiger partial charge in [-0.05, 0) is 49.1 Å². The molecule has 2 unspecified atom stereocenters. The van der Waals surface area contributed by atoms with E-state index in [0.29, 0.717) is 24.1 Å². The van der Waals surface area contributed by atoms with E-state index in [1.807, 2.05) is 24.3 Å². The van der Waals surface area contributed by atoms with E-state index in [2.05, 4.69) is 5.32 Å². The zero-order chi connectivity index (χ0) is 17.6. The summed E-state index contributed by atoms with van der Waals surface area (Å²) in [5.74, 6) is 2.03. The maximum atomic E-state index is 13.5. The summed E-state index contributed by atoms with van der Waals surface area (Å²) in [6.07, 6.45) is 1.02. The highest BCUT2D eigenvalue weighted by atomic mass is 35.5. The van der Waals surface area contributed by atoms with Crippen molar-refractivity contribution in [2.75, 3.05) is 26.9 Å². The van der Waals surface area contributed by atoms with Gasteiger partial charge in [0.25, 0.3) is 0 Å². The lowest BCUT2D eigenvalue weighted by Gasteiger charge is -2.11. The summed E-state index contributed by atoms with van der Waals surface area (Å²) >= 11 is 0. The standard InChI is InChI=1S/C20H23F2NO2.ClH/c1-24-20-7-6-16(22)11-18(20)17-10-15(17)13-23-12-14-4-2-3-5-19(14)25-9-8-21;/h2-7,11,15,17,23H,8-10,12-13H2,1H3;1H. The first-order chi connectivity index (χ1) is 12.2. The largest absolute Gasteiger partial charge is 0.496 e. The fourth-order valence-corrected chi connectivity index (χ4v) is 3.18. The minimum atomic E-state index is -0.499. The van der Waals surface area contributed by atoms with E-state index < -0.39 is 6.67 Å². The Hall–Kier alpha value is -1.85. The number of hydrogen-bond donors (Lipinski definition) is 1. The van der Waals surface area contributed by atoms with E-state index in [-0.39, 0.29) is 24.8 Å². The number of benzene rings is 2. The Morgan fingerprint density at radius 1 is 1.15 bits per heavy atom. The first-order valence-electron chi connectivity index (χ1n) is 8.53. The van der Waals surface area contributed by atoms with Crippen molar-refractivity contribution in [2.45, 2.75) is 18.9 Å². The van der Waals surface area contributed by atoms with Crippen LogP contribution >= 0.6 is 12.4 Å². The van der Waals surface area contributed by atoms with Crippen molar-refractivity contribution in [1.29, 1.82) is 0 Å². The number of ether oxygens (including phenoxy) is 2. The molecule has 1 saturated carbocycles. The molecule has 6 heteroatoms. The number of para-hydroxylation sites is 1. The first-order valence-corrected chi connectivity index (χ1v) is 8.53. The van der Waals surface area contributed by atoms with Crippen molar-refractivity contribution in [1.82, 2.24) is 5.32 Å². The van der Waals surface area contributed by atoms with Crippen molar-refractivity contribution >= 4 is 12.4 Å². The Bertz CT molecular complexity index is 714. The van der Waals surface area contributed by atoms with Gasteiger partial charge in [-0.15, -0.1) is 12.4 Å². The molecule has 26 heavy (non-hydrogen) atoms. The molecule has 1 N–H and O–H groups in total. The molecule has 0 aliphatic heterocycles. The van der Waals surface area contributed by atoms with E-state index in [1.165, 1.54) is 6.07 Å². The van der Waals surface area contributed by atoms with Gasteiger partial charge in [-0.2, -0.15) is 0 Å². The lowest BCUT2D eigenvalue weighted by Crippen LogP contribution is -2.17. The maximum Gasteiger partial charge on any atom is 0.123 e. The third-order valence-corrected chi connectivity index (χ3v) is 4.54. The summed E-state index contributed by atoms with van der Waals surface area (Å²) < 4.78 is 36.6. The maximum absolute atomic E-state index is 13.5. The van der Waals surface area contributed by atoms with Crippen LogP contribution in [0.15, 0.2) is 42.5 Å². The van der Waals surface area contributed by atoms with Crippen molar-refractivity contribution in [3.63, 3.8) is 0 Å². The molecule has 1 aliphatic rings. The van der Waals surface area contributed by atoms with Gasteiger partial charge in [0.15, 0.2) is 0 Å². The second-order valence-corrected chi connectivity index (χ2v) is 6.26. The summed E-state index contributed by atoms with van der Waals surface area (Å²) in [5.41, 5.74) is 1.96. The normalized spacial score (nSPS) is 18.1. The van der Waals surface area contributed by atoms with E-state index in [9.17, 15) is 8.78 Å². The van der Waals surface area contributed by atoms with Crippen LogP contribution in [0.1, 0.15) is 23.5 Å². The van der Waals surface area contributed by atoms with Crippen LogP contribution in [0, 0.1) is 11.7 Å². The molecule has 2 atom stereocenters. The molecular weight excluding hydrogens is 360 g/mol. The van der Waals surface area contributed by atoms with Gasteiger partial charge in [-0.3, -0.25) is 0 Å². The Morgan fingerprint density at radius 3 is 2.73 bits per heavy atom. The first kappa shape index (κ1) is 20.5. The number of rotatable bonds is 9. The van der Waals surface area contributed by atoms with Gasteiger partial charge in [0.2, 0.25) is 0 Å². The second kappa shape index (κ2) is 9.74. The van der Waals surface area contributed by atoms with Gasteiger partial charge in [0.05, 0.1) is 7.11 Å². The van der Waals surface area contributed by atoms with E-state index in [1.54, 1.807) is 19.2 Å². The highest BCUT2D eigenvalue weighted by Crippen LogP contribution is 2.50. The molecule has 3 nitrogen and oxygen atoms in total. The van der Waals surface area contributed by atoms with Gasteiger partial charge in [0.1, 0.15) is 30.6 Å². The average Bonchev–Trinajstić information content (AvgIpc) is 3.40. The highest BCUT2D eigenvalue weighted by molar-refractivity contribution is 5.85. The Labute approximate surface area is 159 Å². The Morgan fingerprint density at radius 2 is 1.96 bits per heavy atom. The molecule has 0 spiro atoms. The van der Waals surface area contributed by atoms with Crippen LogP contribution in [0.5, 0.6) is 11.5 Å². The van der Waals surface area contributed by atoms with Gasteiger partial charge in [0, 0.05) is 17.7 Å². The molecule has 142 valence electrons. The third kappa shape index (κ3) is 5.08. The number of methoxy groups -OCH3 is 1. The molecule has 2 aromatic carbocycles. The molecular formula is C20H24ClF2NO2. The van der Waals surface area contributed by atoms with E-state index in [0.717, 1.165) is 29.8 Å². The Balaban J connectivity index is 0.00000243. The zero-order valence-corrected chi connectivity index (χ0v) is 15.5. The molecule has 0 aromatic heterocycles. The average molecular weight is 384 g/mol. The zero-order valence-electron chi connectivity index (χ0n) is 14.7. The van der Waals surface area contributed by atoms with Crippen molar-refractivity contribution in [3.8, 4) is 11.5 Å². The number of alkyl halides is 1. The fraction of sp³-hybridized carbons (Fsp3) is 0.400. The molecule has 1 aliphatic carbocycles. The predicted octanol–water partition coefficient (Wildman–Crippen LogP) is 4.50. The molecule has 2 aromatic rings. The van der Waals surface area contributed by atoms with E-state index in [4.69, 9.17) is 9.47 Å². The van der Waals surface area contributed by atoms with Gasteiger partial charge in [-0.1, -0.05) is 18.2 Å². The van der Waals surface area contributed by atoms with E-state index >= 15 is 0 Å². The predicted molar refractivity (Wildman–Crippen MR) is 101 cm³/mol. The van der Waals surface area contributed by atoms with Gasteiger partial charge in [-0.25, -0.2) is 8.78 Å². The minimum absolute atomic E-state index is 0. The highest BCUT2D eigenvalue weighted by Gasteiger charge is 2.39. The quantitative estimate of drug-likeness (QED) is 0.691. The monoisotopic (exact) mass is 383 g/mol.